The number of rotatable bonds is 4. The minimum Gasteiger partial charge on any atom is -0.368 e. The first kappa shape index (κ1) is 12.6. The molecule has 3 N–H and O–H groups in total. The van der Waals surface area contributed by atoms with E-state index in [1.807, 2.05) is 0 Å². The van der Waals surface area contributed by atoms with Gasteiger partial charge in [-0.15, -0.1) is 0 Å². The summed E-state index contributed by atoms with van der Waals surface area (Å²) >= 11 is 0. The number of hydrogen-bond donors (Lipinski definition) is 2. The molecule has 17 heavy (non-hydrogen) atoms. The molecule has 1 aromatic carbocycles. The van der Waals surface area contributed by atoms with Crippen molar-refractivity contribution in [3.8, 4) is 0 Å². The normalized spacial score (nSPS) is 9.71. The van der Waals surface area contributed by atoms with Gasteiger partial charge in [-0.1, -0.05) is 0 Å². The van der Waals surface area contributed by atoms with E-state index in [-0.39, 0.29) is 17.8 Å². The zero-order valence-corrected chi connectivity index (χ0v) is 9.10. The molecule has 0 spiro atoms. The highest BCUT2D eigenvalue weighted by molar-refractivity contribution is 5.96. The number of nitrogens with zero attached hydrogens (tertiary/aromatic N) is 1. The molecular weight excluding hydrogens is 226 g/mol. The van der Waals surface area contributed by atoms with Crippen LogP contribution in [0, 0.1) is 17.0 Å². The van der Waals surface area contributed by atoms with Crippen LogP contribution in [0.3, 0.4) is 0 Å². The number of nitrogens with one attached hydrogen (secondary N) is 1. The second-order valence-electron chi connectivity index (χ2n) is 3.41. The first-order valence-corrected chi connectivity index (χ1v) is 4.73. The summed E-state index contributed by atoms with van der Waals surface area (Å²) < 4.78 is 0. The molecule has 0 aliphatic rings. The van der Waals surface area contributed by atoms with Crippen LogP contribution >= 0.6 is 0 Å². The Labute approximate surface area is 96.8 Å². The number of nitrogens with two attached hydrogens (primary N) is 1. The molecule has 0 radical (unpaired) electrons. The number of aryl methyl sites for hydroxylation is 1. The maximum absolute atomic E-state index is 11.5. The Hall–Kier alpha value is -2.44. The van der Waals surface area contributed by atoms with E-state index in [4.69, 9.17) is 5.73 Å². The van der Waals surface area contributed by atoms with Gasteiger partial charge in [-0.3, -0.25) is 19.7 Å². The van der Waals surface area contributed by atoms with Crippen LogP contribution in [0.1, 0.15) is 15.9 Å². The average Bonchev–Trinajstić information content (AvgIpc) is 2.25. The van der Waals surface area contributed by atoms with E-state index in [0.29, 0.717) is 5.56 Å². The molecule has 0 unspecified atom stereocenters. The number of amides is 2. The molecule has 0 saturated carbocycles. The summed E-state index contributed by atoms with van der Waals surface area (Å²) in [7, 11) is 0. The summed E-state index contributed by atoms with van der Waals surface area (Å²) in [4.78, 5) is 32.0. The van der Waals surface area contributed by atoms with Gasteiger partial charge < -0.3 is 11.1 Å². The van der Waals surface area contributed by atoms with Gasteiger partial charge in [0.1, 0.15) is 0 Å². The second-order valence-corrected chi connectivity index (χ2v) is 3.41. The fourth-order valence-corrected chi connectivity index (χ4v) is 1.27. The van der Waals surface area contributed by atoms with Crippen LogP contribution in [-0.4, -0.2) is 23.3 Å². The van der Waals surface area contributed by atoms with E-state index in [0.717, 1.165) is 0 Å². The lowest BCUT2D eigenvalue weighted by molar-refractivity contribution is -0.385. The number of hydrogen-bond acceptors (Lipinski definition) is 4. The van der Waals surface area contributed by atoms with E-state index in [9.17, 15) is 19.7 Å². The Bertz CT molecular complexity index is 484. The molecule has 0 fully saturated rings. The molecule has 1 rings (SSSR count). The SMILES string of the molecule is Cc1cc(C(=O)NCC(N)=O)ccc1[N+](=O)[O-]. The lowest BCUT2D eigenvalue weighted by Crippen LogP contribution is -2.33. The molecule has 0 aliphatic heterocycles. The summed E-state index contributed by atoms with van der Waals surface area (Å²) in [5, 5.41) is 12.9. The van der Waals surface area contributed by atoms with Crippen molar-refractivity contribution in [1.29, 1.82) is 0 Å². The Morgan fingerprint density at radius 3 is 2.59 bits per heavy atom. The van der Waals surface area contributed by atoms with Gasteiger partial charge in [0.25, 0.3) is 11.6 Å². The number of nitro benzene ring substituents is 1. The first-order chi connectivity index (χ1) is 7.91. The highest BCUT2D eigenvalue weighted by Crippen LogP contribution is 2.18. The molecule has 7 nitrogen and oxygen atoms in total. The van der Waals surface area contributed by atoms with Gasteiger partial charge in [0.2, 0.25) is 5.91 Å². The first-order valence-electron chi connectivity index (χ1n) is 4.73. The van der Waals surface area contributed by atoms with Crippen LogP contribution in [0.4, 0.5) is 5.69 Å². The van der Waals surface area contributed by atoms with Gasteiger partial charge in [-0.25, -0.2) is 0 Å². The quantitative estimate of drug-likeness (QED) is 0.571. The molecule has 0 atom stereocenters. The molecule has 1 aromatic rings. The minimum atomic E-state index is -0.656. The Balaban J connectivity index is 2.86. The van der Waals surface area contributed by atoms with Gasteiger partial charge in [-0.2, -0.15) is 0 Å². The van der Waals surface area contributed by atoms with Crippen molar-refractivity contribution in [3.05, 3.63) is 39.4 Å². The molecule has 7 heteroatoms. The predicted molar refractivity (Wildman–Crippen MR) is 59.4 cm³/mol. The third-order valence-electron chi connectivity index (χ3n) is 2.08. The summed E-state index contributed by atoms with van der Waals surface area (Å²) in [6.45, 7) is 1.26. The van der Waals surface area contributed by atoms with Crippen molar-refractivity contribution < 1.29 is 14.5 Å². The van der Waals surface area contributed by atoms with Crippen molar-refractivity contribution in [2.24, 2.45) is 5.73 Å². The van der Waals surface area contributed by atoms with Crippen molar-refractivity contribution in [1.82, 2.24) is 5.32 Å². The maximum Gasteiger partial charge on any atom is 0.272 e. The number of carbonyl (C=O) groups excluding carboxylic acids is 2. The lowest BCUT2D eigenvalue weighted by atomic mass is 10.1. The minimum absolute atomic E-state index is 0.0588. The van der Waals surface area contributed by atoms with E-state index in [2.05, 4.69) is 5.32 Å². The highest BCUT2D eigenvalue weighted by atomic mass is 16.6. The summed E-state index contributed by atoms with van der Waals surface area (Å²) in [5.74, 6) is -1.15. The summed E-state index contributed by atoms with van der Waals surface area (Å²) in [6.07, 6.45) is 0. The molecule has 0 bridgehead atoms. The highest BCUT2D eigenvalue weighted by Gasteiger charge is 2.13. The van der Waals surface area contributed by atoms with Crippen LogP contribution in [0.2, 0.25) is 0 Å². The molecule has 0 saturated heterocycles. The van der Waals surface area contributed by atoms with Crippen LogP contribution in [-0.2, 0) is 4.79 Å². The van der Waals surface area contributed by atoms with E-state index < -0.39 is 16.7 Å². The Morgan fingerprint density at radius 1 is 1.47 bits per heavy atom. The Kier molecular flexibility index (Phi) is 3.76. The zero-order chi connectivity index (χ0) is 13.0. The van der Waals surface area contributed by atoms with Crippen molar-refractivity contribution >= 4 is 17.5 Å². The Morgan fingerprint density at radius 2 is 2.12 bits per heavy atom. The van der Waals surface area contributed by atoms with Crippen LogP contribution in [0.5, 0.6) is 0 Å². The standard InChI is InChI=1S/C10H11N3O4/c1-6-4-7(2-3-8(6)13(16)17)10(15)12-5-9(11)14/h2-4H,5H2,1H3,(H2,11,14)(H,12,15). The number of benzene rings is 1. The van der Waals surface area contributed by atoms with Gasteiger partial charge in [-0.05, 0) is 19.1 Å². The van der Waals surface area contributed by atoms with Gasteiger partial charge in [0, 0.05) is 17.2 Å². The third-order valence-corrected chi connectivity index (χ3v) is 2.08. The van der Waals surface area contributed by atoms with Gasteiger partial charge in [0.05, 0.1) is 11.5 Å². The van der Waals surface area contributed by atoms with Crippen molar-refractivity contribution in [2.75, 3.05) is 6.54 Å². The predicted octanol–water partition coefficient (Wildman–Crippen LogP) is 0.118. The molecular formula is C10H11N3O4. The third kappa shape index (κ3) is 3.26. The lowest BCUT2D eigenvalue weighted by Gasteiger charge is -2.04. The van der Waals surface area contributed by atoms with Crippen molar-refractivity contribution in [3.63, 3.8) is 0 Å². The van der Waals surface area contributed by atoms with Gasteiger partial charge in [0.15, 0.2) is 0 Å². The number of primary amides is 1. The van der Waals surface area contributed by atoms with Crippen molar-refractivity contribution in [2.45, 2.75) is 6.92 Å². The largest absolute Gasteiger partial charge is 0.368 e. The van der Waals surface area contributed by atoms with Crippen LogP contribution in [0.25, 0.3) is 0 Å². The summed E-state index contributed by atoms with van der Waals surface area (Å²) in [6, 6.07) is 3.95. The van der Waals surface area contributed by atoms with Crippen LogP contribution < -0.4 is 11.1 Å². The van der Waals surface area contributed by atoms with Crippen LogP contribution in [0.15, 0.2) is 18.2 Å². The summed E-state index contributed by atoms with van der Waals surface area (Å²) in [5.41, 5.74) is 5.43. The zero-order valence-electron chi connectivity index (χ0n) is 9.10. The van der Waals surface area contributed by atoms with Gasteiger partial charge >= 0.3 is 0 Å². The smallest absolute Gasteiger partial charge is 0.272 e. The molecule has 0 heterocycles. The second kappa shape index (κ2) is 5.06. The van der Waals surface area contributed by atoms with E-state index in [1.54, 1.807) is 0 Å². The average molecular weight is 237 g/mol. The number of nitro groups is 1. The monoisotopic (exact) mass is 237 g/mol. The fraction of sp³-hybridized carbons (Fsp3) is 0.200. The topological polar surface area (TPSA) is 115 Å². The molecule has 0 aromatic heterocycles. The molecule has 0 aliphatic carbocycles. The fourth-order valence-electron chi connectivity index (χ4n) is 1.27. The van der Waals surface area contributed by atoms with E-state index >= 15 is 0 Å². The van der Waals surface area contributed by atoms with E-state index in [1.165, 1.54) is 25.1 Å². The maximum atomic E-state index is 11.5. The molecule has 90 valence electrons. The number of carbonyl (C=O) groups is 2. The molecule has 2 amide bonds.